The fourth-order valence-electron chi connectivity index (χ4n) is 1.42. The molecule has 0 saturated heterocycles. The molecule has 1 N–H and O–H groups in total. The maximum atomic E-state index is 11.4. The Balaban J connectivity index is 0.000000660. The number of aromatic amines is 1. The lowest BCUT2D eigenvalue weighted by atomic mass is 10.2. The molecule has 0 radical (unpaired) electrons. The predicted octanol–water partition coefficient (Wildman–Crippen LogP) is 3.57. The van der Waals surface area contributed by atoms with Crippen LogP contribution in [0.25, 0.3) is 10.9 Å². The fourth-order valence-corrected chi connectivity index (χ4v) is 1.68. The van der Waals surface area contributed by atoms with Gasteiger partial charge in [-0.25, -0.2) is 4.79 Å². The Morgan fingerprint density at radius 2 is 2.00 bits per heavy atom. The van der Waals surface area contributed by atoms with Gasteiger partial charge in [0.15, 0.2) is 0 Å². The van der Waals surface area contributed by atoms with Crippen molar-refractivity contribution in [1.29, 1.82) is 0 Å². The minimum absolute atomic E-state index is 0. The number of fused-ring (bicyclic) bond motifs is 1. The zero-order valence-corrected chi connectivity index (χ0v) is 11.5. The van der Waals surface area contributed by atoms with Crippen LogP contribution >= 0.6 is 12.2 Å². The summed E-state index contributed by atoms with van der Waals surface area (Å²) < 4.78 is 2.01. The molecule has 0 aliphatic heterocycles. The quantitative estimate of drug-likeness (QED) is 0.728. The molecule has 0 spiro atoms. The molecule has 2 rings (SSSR count). The van der Waals surface area contributed by atoms with Crippen molar-refractivity contribution in [2.24, 2.45) is 7.05 Å². The highest BCUT2D eigenvalue weighted by molar-refractivity contribution is 7.71. The number of benzene rings is 1. The van der Waals surface area contributed by atoms with Gasteiger partial charge in [-0.15, -0.1) is 0 Å². The van der Waals surface area contributed by atoms with Crippen LogP contribution in [0.1, 0.15) is 27.3 Å². The van der Waals surface area contributed by atoms with Crippen LogP contribution in [0.3, 0.4) is 0 Å². The van der Waals surface area contributed by atoms with Crippen LogP contribution in [-0.4, -0.2) is 9.55 Å². The van der Waals surface area contributed by atoms with Crippen LogP contribution in [0.5, 0.6) is 0 Å². The molecule has 0 unspecified atom stereocenters. The first-order valence-electron chi connectivity index (χ1n) is 5.70. The third-order valence-electron chi connectivity index (χ3n) is 2.26. The van der Waals surface area contributed by atoms with Crippen molar-refractivity contribution in [2.75, 3.05) is 0 Å². The molecule has 4 heteroatoms. The van der Waals surface area contributed by atoms with E-state index < -0.39 is 0 Å². The highest BCUT2D eigenvalue weighted by Gasteiger charge is 2.00. The monoisotopic (exact) mass is 252 g/mol. The Morgan fingerprint density at radius 3 is 2.59 bits per heavy atom. The predicted molar refractivity (Wildman–Crippen MR) is 77.2 cm³/mol. The Labute approximate surface area is 108 Å². The number of rotatable bonds is 0. The molecule has 0 aliphatic carbocycles. The average molecular weight is 252 g/mol. The van der Waals surface area contributed by atoms with Gasteiger partial charge in [-0.2, -0.15) is 0 Å². The largest absolute Gasteiger partial charge is 0.326 e. The second kappa shape index (κ2) is 5.77. The zero-order chi connectivity index (χ0) is 13.0. The molecule has 3 nitrogen and oxygen atoms in total. The van der Waals surface area contributed by atoms with Gasteiger partial charge < -0.3 is 4.98 Å². The highest BCUT2D eigenvalue weighted by atomic mass is 32.1. The van der Waals surface area contributed by atoms with Gasteiger partial charge in [-0.3, -0.25) is 4.57 Å². The first kappa shape index (κ1) is 13.6. The molecule has 1 aromatic carbocycles. The Bertz CT molecular complexity index is 631. The molecule has 17 heavy (non-hydrogen) atoms. The molecular weight excluding hydrogens is 232 g/mol. The zero-order valence-electron chi connectivity index (χ0n) is 10.7. The number of H-pyrrole nitrogens is 1. The van der Waals surface area contributed by atoms with E-state index in [9.17, 15) is 4.79 Å². The summed E-state index contributed by atoms with van der Waals surface area (Å²) in [6.07, 6.45) is 1.25. The Morgan fingerprint density at radius 1 is 1.41 bits per heavy atom. The summed E-state index contributed by atoms with van der Waals surface area (Å²) in [7, 11) is 1.67. The summed E-state index contributed by atoms with van der Waals surface area (Å²) in [4.78, 5) is 14.2. The lowest BCUT2D eigenvalue weighted by Crippen LogP contribution is -2.20. The number of aromatic nitrogens is 2. The summed E-state index contributed by atoms with van der Waals surface area (Å²) in [5.74, 6) is 0. The van der Waals surface area contributed by atoms with Crippen LogP contribution < -0.4 is 5.69 Å². The molecule has 0 aliphatic rings. The first-order valence-corrected chi connectivity index (χ1v) is 6.11. The topological polar surface area (TPSA) is 37.8 Å². The third-order valence-corrected chi connectivity index (χ3v) is 2.75. The molecule has 1 heterocycles. The van der Waals surface area contributed by atoms with Crippen molar-refractivity contribution in [3.05, 3.63) is 38.9 Å². The Kier molecular flexibility index (Phi) is 4.63. The van der Waals surface area contributed by atoms with Gasteiger partial charge in [0.1, 0.15) is 4.64 Å². The number of aryl methyl sites for hydroxylation is 1. The minimum Gasteiger partial charge on any atom is -0.307 e. The lowest BCUT2D eigenvalue weighted by molar-refractivity contribution is 0.814. The Hall–Kier alpha value is -1.42. The molecule has 94 valence electrons. The maximum absolute atomic E-state index is 11.4. The molecule has 0 atom stereocenters. The van der Waals surface area contributed by atoms with E-state index in [1.807, 2.05) is 25.1 Å². The second-order valence-electron chi connectivity index (χ2n) is 4.05. The summed E-state index contributed by atoms with van der Waals surface area (Å²) in [5.41, 5.74) is 1.74. The SMILES string of the molecule is CCC.Cc1ccc2c(=S)n(C)c(=O)[nH]c2c1.[HH]. The highest BCUT2D eigenvalue weighted by Crippen LogP contribution is 2.12. The summed E-state index contributed by atoms with van der Waals surface area (Å²) >= 11 is 5.17. The van der Waals surface area contributed by atoms with E-state index >= 15 is 0 Å². The number of nitrogens with zero attached hydrogens (tertiary/aromatic N) is 1. The van der Waals surface area contributed by atoms with E-state index in [1.54, 1.807) is 7.05 Å². The molecule has 2 aromatic rings. The molecule has 0 bridgehead atoms. The van der Waals surface area contributed by atoms with Gasteiger partial charge in [0.2, 0.25) is 0 Å². The third kappa shape index (κ3) is 3.03. The van der Waals surface area contributed by atoms with Gasteiger partial charge in [-0.1, -0.05) is 38.6 Å². The molecule has 0 saturated carbocycles. The van der Waals surface area contributed by atoms with Crippen molar-refractivity contribution in [3.8, 4) is 0 Å². The molecule has 0 fully saturated rings. The molecule has 0 amide bonds. The van der Waals surface area contributed by atoms with E-state index in [-0.39, 0.29) is 7.12 Å². The van der Waals surface area contributed by atoms with E-state index in [1.165, 1.54) is 11.0 Å². The average Bonchev–Trinajstić information content (AvgIpc) is 2.27. The standard InChI is InChI=1S/C10H10N2OS.C3H8.H2/c1-6-3-4-7-8(5-6)11-10(13)12(2)9(7)14;1-3-2;/h3-5H,1-2H3,(H,11,13);3H2,1-2H3;1H. The van der Waals surface area contributed by atoms with Crippen molar-refractivity contribution < 1.29 is 1.43 Å². The molecular formula is C13H20N2OS. The number of nitrogens with one attached hydrogen (secondary N) is 1. The van der Waals surface area contributed by atoms with Gasteiger partial charge >= 0.3 is 5.69 Å². The van der Waals surface area contributed by atoms with Crippen molar-refractivity contribution >= 4 is 23.1 Å². The normalized spacial score (nSPS) is 9.88. The number of hydrogen-bond acceptors (Lipinski definition) is 2. The van der Waals surface area contributed by atoms with Gasteiger partial charge in [0, 0.05) is 13.9 Å². The van der Waals surface area contributed by atoms with Gasteiger partial charge in [0.05, 0.1) is 5.52 Å². The summed E-state index contributed by atoms with van der Waals surface area (Å²) in [6, 6.07) is 5.84. The minimum atomic E-state index is -0.173. The summed E-state index contributed by atoms with van der Waals surface area (Å²) in [6.45, 7) is 6.23. The van der Waals surface area contributed by atoms with Crippen LogP contribution in [0, 0.1) is 11.6 Å². The van der Waals surface area contributed by atoms with E-state index in [4.69, 9.17) is 12.2 Å². The van der Waals surface area contributed by atoms with Gasteiger partial charge in [-0.05, 0) is 24.6 Å². The first-order chi connectivity index (χ1) is 8.01. The second-order valence-corrected chi connectivity index (χ2v) is 4.44. The van der Waals surface area contributed by atoms with Crippen molar-refractivity contribution in [3.63, 3.8) is 0 Å². The van der Waals surface area contributed by atoms with Crippen LogP contribution in [-0.2, 0) is 7.05 Å². The summed E-state index contributed by atoms with van der Waals surface area (Å²) in [5, 5.41) is 0.910. The van der Waals surface area contributed by atoms with E-state index in [0.717, 1.165) is 16.5 Å². The van der Waals surface area contributed by atoms with E-state index in [2.05, 4.69) is 18.8 Å². The smallest absolute Gasteiger partial charge is 0.307 e. The van der Waals surface area contributed by atoms with Crippen molar-refractivity contribution in [1.82, 2.24) is 9.55 Å². The van der Waals surface area contributed by atoms with Gasteiger partial charge in [0.25, 0.3) is 0 Å². The molecule has 1 aromatic heterocycles. The maximum Gasteiger partial charge on any atom is 0.326 e. The van der Waals surface area contributed by atoms with Crippen LogP contribution in [0.2, 0.25) is 0 Å². The van der Waals surface area contributed by atoms with Crippen molar-refractivity contribution in [2.45, 2.75) is 27.2 Å². The van der Waals surface area contributed by atoms with E-state index in [0.29, 0.717) is 4.64 Å². The number of hydrogen-bond donors (Lipinski definition) is 1. The lowest BCUT2D eigenvalue weighted by Gasteiger charge is -2.02. The van der Waals surface area contributed by atoms with Crippen LogP contribution in [0.15, 0.2) is 23.0 Å². The fraction of sp³-hybridized carbons (Fsp3) is 0.385. The van der Waals surface area contributed by atoms with Crippen LogP contribution in [0.4, 0.5) is 0 Å².